The van der Waals surface area contributed by atoms with Crippen molar-refractivity contribution in [3.05, 3.63) is 42.2 Å². The second-order valence-electron chi connectivity index (χ2n) is 6.76. The van der Waals surface area contributed by atoms with Crippen LogP contribution in [0.15, 0.2) is 41.5 Å². The van der Waals surface area contributed by atoms with Gasteiger partial charge in [-0.15, -0.1) is 24.0 Å². The summed E-state index contributed by atoms with van der Waals surface area (Å²) in [6.45, 7) is 7.01. The maximum atomic E-state index is 11.6. The van der Waals surface area contributed by atoms with Gasteiger partial charge in [0.1, 0.15) is 5.60 Å². The number of rotatable bonds is 5. The Morgan fingerprint density at radius 2 is 1.81 bits per heavy atom. The number of benzene rings is 1. The van der Waals surface area contributed by atoms with Crippen molar-refractivity contribution in [2.24, 2.45) is 4.99 Å². The van der Waals surface area contributed by atoms with Gasteiger partial charge in [0, 0.05) is 31.7 Å². The van der Waals surface area contributed by atoms with Crippen molar-refractivity contribution in [2.45, 2.75) is 32.9 Å². The molecule has 1 heterocycles. The topological polar surface area (TPSA) is 87.6 Å². The second-order valence-corrected chi connectivity index (χ2v) is 6.76. The predicted molar refractivity (Wildman–Crippen MR) is 120 cm³/mol. The molecule has 2 aromatic rings. The first-order valence-electron chi connectivity index (χ1n) is 8.63. The van der Waals surface area contributed by atoms with E-state index in [0.717, 1.165) is 16.5 Å². The van der Waals surface area contributed by atoms with E-state index < -0.39 is 11.7 Å². The minimum absolute atomic E-state index is 0. The smallest absolute Gasteiger partial charge is 0.407 e. The van der Waals surface area contributed by atoms with E-state index in [1.165, 1.54) is 0 Å². The van der Waals surface area contributed by atoms with Gasteiger partial charge in [-0.2, -0.15) is 0 Å². The summed E-state index contributed by atoms with van der Waals surface area (Å²) in [6, 6.07) is 10.1. The first-order chi connectivity index (χ1) is 12.4. The molecule has 0 unspecified atom stereocenters. The normalized spacial score (nSPS) is 11.5. The number of hydrogen-bond donors (Lipinski definition) is 3. The van der Waals surface area contributed by atoms with Gasteiger partial charge in [0.25, 0.3) is 0 Å². The summed E-state index contributed by atoms with van der Waals surface area (Å²) in [5.41, 5.74) is 0.457. The summed E-state index contributed by atoms with van der Waals surface area (Å²) in [4.78, 5) is 20.2. The molecular weight excluding hydrogens is 457 g/mol. The highest BCUT2D eigenvalue weighted by atomic mass is 127. The number of amides is 1. The largest absolute Gasteiger partial charge is 0.444 e. The Morgan fingerprint density at radius 1 is 1.11 bits per heavy atom. The van der Waals surface area contributed by atoms with Gasteiger partial charge in [0.05, 0.1) is 12.2 Å². The van der Waals surface area contributed by atoms with Crippen molar-refractivity contribution < 1.29 is 9.53 Å². The van der Waals surface area contributed by atoms with E-state index in [9.17, 15) is 4.79 Å². The molecule has 8 heteroatoms. The second kappa shape index (κ2) is 10.9. The van der Waals surface area contributed by atoms with Crippen LogP contribution in [0, 0.1) is 0 Å². The lowest BCUT2D eigenvalue weighted by molar-refractivity contribution is 0.0529. The van der Waals surface area contributed by atoms with Crippen LogP contribution in [0.2, 0.25) is 0 Å². The van der Waals surface area contributed by atoms with Gasteiger partial charge in [-0.25, -0.2) is 4.79 Å². The van der Waals surface area contributed by atoms with Crippen LogP contribution in [-0.4, -0.2) is 42.8 Å². The summed E-state index contributed by atoms with van der Waals surface area (Å²) < 4.78 is 5.19. The number of hydrogen-bond acceptors (Lipinski definition) is 4. The number of guanidine groups is 1. The van der Waals surface area contributed by atoms with Gasteiger partial charge in [-0.05, 0) is 32.2 Å². The molecule has 1 aromatic carbocycles. The van der Waals surface area contributed by atoms with Gasteiger partial charge in [0.2, 0.25) is 0 Å². The third-order valence-electron chi connectivity index (χ3n) is 3.49. The number of pyridine rings is 1. The summed E-state index contributed by atoms with van der Waals surface area (Å²) in [5.74, 6) is 0.644. The van der Waals surface area contributed by atoms with Crippen LogP contribution in [-0.2, 0) is 11.3 Å². The number of nitrogens with one attached hydrogen (secondary N) is 3. The van der Waals surface area contributed by atoms with Crippen LogP contribution in [0.4, 0.5) is 4.79 Å². The molecule has 7 nitrogen and oxygen atoms in total. The average molecular weight is 485 g/mol. The van der Waals surface area contributed by atoms with Crippen molar-refractivity contribution in [3.8, 4) is 0 Å². The zero-order valence-electron chi connectivity index (χ0n) is 16.2. The predicted octanol–water partition coefficient (Wildman–Crippen LogP) is 3.04. The Hall–Kier alpha value is -2.10. The van der Waals surface area contributed by atoms with Crippen LogP contribution in [0.1, 0.15) is 26.5 Å². The highest BCUT2D eigenvalue weighted by molar-refractivity contribution is 14.0. The van der Waals surface area contributed by atoms with Gasteiger partial charge >= 0.3 is 6.09 Å². The summed E-state index contributed by atoms with van der Waals surface area (Å²) in [7, 11) is 1.70. The maximum absolute atomic E-state index is 11.6. The van der Waals surface area contributed by atoms with E-state index in [1.54, 1.807) is 13.2 Å². The number of carbonyl (C=O) groups excluding carboxylic acids is 1. The fourth-order valence-corrected chi connectivity index (χ4v) is 2.37. The van der Waals surface area contributed by atoms with E-state index in [1.807, 2.05) is 39.0 Å². The van der Waals surface area contributed by atoms with E-state index in [2.05, 4.69) is 38.1 Å². The number of carbonyl (C=O) groups is 1. The molecule has 0 saturated heterocycles. The highest BCUT2D eigenvalue weighted by Gasteiger charge is 2.15. The molecule has 27 heavy (non-hydrogen) atoms. The van der Waals surface area contributed by atoms with Crippen LogP contribution >= 0.6 is 24.0 Å². The minimum atomic E-state index is -0.499. The Balaban J connectivity index is 0.00000364. The zero-order valence-corrected chi connectivity index (χ0v) is 18.5. The van der Waals surface area contributed by atoms with E-state index in [0.29, 0.717) is 25.6 Å². The summed E-state index contributed by atoms with van der Waals surface area (Å²) >= 11 is 0. The molecule has 0 fully saturated rings. The molecule has 1 aromatic heterocycles. The van der Waals surface area contributed by atoms with Crippen LogP contribution < -0.4 is 16.0 Å². The molecule has 0 bridgehead atoms. The van der Waals surface area contributed by atoms with Gasteiger partial charge < -0.3 is 20.7 Å². The quantitative estimate of drug-likeness (QED) is 0.262. The van der Waals surface area contributed by atoms with Gasteiger partial charge in [-0.1, -0.05) is 24.3 Å². The van der Waals surface area contributed by atoms with Crippen LogP contribution in [0.25, 0.3) is 10.8 Å². The van der Waals surface area contributed by atoms with Gasteiger partial charge in [-0.3, -0.25) is 9.98 Å². The van der Waals surface area contributed by atoms with Crippen molar-refractivity contribution in [2.75, 3.05) is 20.1 Å². The number of fused-ring (bicyclic) bond motifs is 1. The molecular formula is C19H28IN5O2. The van der Waals surface area contributed by atoms with Gasteiger partial charge in [0.15, 0.2) is 5.96 Å². The number of halogens is 1. The molecule has 0 saturated carbocycles. The van der Waals surface area contributed by atoms with Crippen LogP contribution in [0.5, 0.6) is 0 Å². The Kier molecular flexibility index (Phi) is 9.27. The SMILES string of the molecule is CN=C(NCCNC(=O)OC(C)(C)C)NCc1nccc2ccccc12.I. The molecule has 0 aliphatic heterocycles. The Bertz CT molecular complexity index is 769. The lowest BCUT2D eigenvalue weighted by Crippen LogP contribution is -2.42. The number of alkyl carbamates (subject to hydrolysis) is 1. The summed E-state index contributed by atoms with van der Waals surface area (Å²) in [5, 5.41) is 11.4. The highest BCUT2D eigenvalue weighted by Crippen LogP contribution is 2.15. The van der Waals surface area contributed by atoms with Crippen molar-refractivity contribution in [3.63, 3.8) is 0 Å². The Morgan fingerprint density at radius 3 is 2.52 bits per heavy atom. The van der Waals surface area contributed by atoms with E-state index in [4.69, 9.17) is 4.74 Å². The first kappa shape index (κ1) is 22.9. The first-order valence-corrected chi connectivity index (χ1v) is 8.63. The molecule has 2 rings (SSSR count). The standard InChI is InChI=1S/C19H27N5O2.HI/c1-19(2,3)26-18(25)23-12-11-22-17(20-4)24-13-16-15-8-6-5-7-14(15)9-10-21-16;/h5-10H,11-13H2,1-4H3,(H,23,25)(H2,20,22,24);1H. The minimum Gasteiger partial charge on any atom is -0.444 e. The number of aromatic nitrogens is 1. The summed E-state index contributed by atoms with van der Waals surface area (Å²) in [6.07, 6.45) is 1.38. The zero-order chi connectivity index (χ0) is 19.0. The molecule has 1 amide bonds. The molecule has 148 valence electrons. The monoisotopic (exact) mass is 485 g/mol. The van der Waals surface area contributed by atoms with Crippen molar-refractivity contribution in [1.29, 1.82) is 0 Å². The maximum Gasteiger partial charge on any atom is 0.407 e. The van der Waals surface area contributed by atoms with Crippen LogP contribution in [0.3, 0.4) is 0 Å². The fourth-order valence-electron chi connectivity index (χ4n) is 2.37. The lowest BCUT2D eigenvalue weighted by Gasteiger charge is -2.20. The number of aliphatic imine (C=N–C) groups is 1. The third-order valence-corrected chi connectivity index (χ3v) is 3.49. The Labute approximate surface area is 177 Å². The van der Waals surface area contributed by atoms with E-state index >= 15 is 0 Å². The molecule has 0 spiro atoms. The third kappa shape index (κ3) is 7.98. The van der Waals surface area contributed by atoms with Crippen molar-refractivity contribution >= 4 is 46.8 Å². The van der Waals surface area contributed by atoms with Crippen molar-refractivity contribution in [1.82, 2.24) is 20.9 Å². The van der Waals surface area contributed by atoms with E-state index in [-0.39, 0.29) is 24.0 Å². The number of nitrogens with zero attached hydrogens (tertiary/aromatic N) is 2. The fraction of sp³-hybridized carbons (Fsp3) is 0.421. The number of ether oxygens (including phenoxy) is 1. The molecule has 0 atom stereocenters. The molecule has 0 aliphatic carbocycles. The molecule has 0 radical (unpaired) electrons. The average Bonchev–Trinajstić information content (AvgIpc) is 2.59. The lowest BCUT2D eigenvalue weighted by atomic mass is 10.1. The molecule has 3 N–H and O–H groups in total. The molecule has 0 aliphatic rings.